The van der Waals surface area contributed by atoms with E-state index in [1.807, 2.05) is 44.2 Å². The van der Waals surface area contributed by atoms with Gasteiger partial charge in [0.1, 0.15) is 5.76 Å². The molecule has 0 bridgehead atoms. The van der Waals surface area contributed by atoms with Gasteiger partial charge >= 0.3 is 0 Å². The lowest BCUT2D eigenvalue weighted by atomic mass is 10.0. The van der Waals surface area contributed by atoms with E-state index in [0.29, 0.717) is 12.1 Å². The largest absolute Gasteiger partial charge is 0.467 e. The number of hydrogen-bond donors (Lipinski definition) is 1. The lowest BCUT2D eigenvalue weighted by molar-refractivity contribution is 0.0949. The maximum atomic E-state index is 12.4. The standard InChI is InChI=1S/C17H16N2O2/c1-11-5-6-16-14(8-11)15(9-12(2)19-16)17(20)18-10-13-4-3-7-21-13/h3-9H,10H2,1-2H3,(H,18,20). The van der Waals surface area contributed by atoms with Crippen LogP contribution in [0.3, 0.4) is 0 Å². The number of furan rings is 1. The van der Waals surface area contributed by atoms with Crippen molar-refractivity contribution in [2.75, 3.05) is 0 Å². The fourth-order valence-corrected chi connectivity index (χ4v) is 2.34. The lowest BCUT2D eigenvalue weighted by Crippen LogP contribution is -2.23. The summed E-state index contributed by atoms with van der Waals surface area (Å²) in [5.74, 6) is 0.613. The Hall–Kier alpha value is -2.62. The number of nitrogens with zero attached hydrogens (tertiary/aromatic N) is 1. The molecule has 106 valence electrons. The van der Waals surface area contributed by atoms with Gasteiger partial charge in [-0.15, -0.1) is 0 Å². The quantitative estimate of drug-likeness (QED) is 0.800. The van der Waals surface area contributed by atoms with Gasteiger partial charge in [0.05, 0.1) is 23.9 Å². The fraction of sp³-hybridized carbons (Fsp3) is 0.176. The molecular formula is C17H16N2O2. The molecule has 0 aliphatic rings. The van der Waals surface area contributed by atoms with Crippen molar-refractivity contribution in [1.29, 1.82) is 0 Å². The van der Waals surface area contributed by atoms with Gasteiger partial charge in [-0.3, -0.25) is 9.78 Å². The Morgan fingerprint density at radius 3 is 2.86 bits per heavy atom. The predicted octanol–water partition coefficient (Wildman–Crippen LogP) is 3.37. The van der Waals surface area contributed by atoms with Gasteiger partial charge in [0.2, 0.25) is 0 Å². The molecule has 4 heteroatoms. The number of pyridine rings is 1. The van der Waals surface area contributed by atoms with E-state index in [9.17, 15) is 4.79 Å². The Morgan fingerprint density at radius 1 is 1.24 bits per heavy atom. The Morgan fingerprint density at radius 2 is 2.10 bits per heavy atom. The topological polar surface area (TPSA) is 55.1 Å². The molecule has 0 saturated carbocycles. The number of benzene rings is 1. The summed E-state index contributed by atoms with van der Waals surface area (Å²) in [4.78, 5) is 16.9. The summed E-state index contributed by atoms with van der Waals surface area (Å²) in [6, 6.07) is 11.4. The molecule has 0 atom stereocenters. The highest BCUT2D eigenvalue weighted by molar-refractivity contribution is 6.06. The van der Waals surface area contributed by atoms with Crippen LogP contribution in [0.2, 0.25) is 0 Å². The first-order valence-electron chi connectivity index (χ1n) is 6.82. The van der Waals surface area contributed by atoms with E-state index in [1.54, 1.807) is 12.3 Å². The highest BCUT2D eigenvalue weighted by Crippen LogP contribution is 2.20. The van der Waals surface area contributed by atoms with Crippen molar-refractivity contribution in [3.63, 3.8) is 0 Å². The third-order valence-electron chi connectivity index (χ3n) is 3.34. The summed E-state index contributed by atoms with van der Waals surface area (Å²) in [5.41, 5.74) is 3.42. The number of aromatic nitrogens is 1. The van der Waals surface area contributed by atoms with Crippen LogP contribution in [-0.4, -0.2) is 10.9 Å². The van der Waals surface area contributed by atoms with E-state index >= 15 is 0 Å². The van der Waals surface area contributed by atoms with Crippen LogP contribution in [-0.2, 0) is 6.54 Å². The Balaban J connectivity index is 1.94. The van der Waals surface area contributed by atoms with E-state index in [-0.39, 0.29) is 5.91 Å². The smallest absolute Gasteiger partial charge is 0.252 e. The summed E-state index contributed by atoms with van der Waals surface area (Å²) < 4.78 is 5.22. The van der Waals surface area contributed by atoms with E-state index in [4.69, 9.17) is 4.42 Å². The van der Waals surface area contributed by atoms with Crippen molar-refractivity contribution in [2.45, 2.75) is 20.4 Å². The second-order valence-corrected chi connectivity index (χ2v) is 5.09. The minimum atomic E-state index is -0.118. The molecule has 4 nitrogen and oxygen atoms in total. The number of carbonyl (C=O) groups is 1. The van der Waals surface area contributed by atoms with Gasteiger partial charge in [-0.05, 0) is 44.2 Å². The molecule has 0 aliphatic heterocycles. The maximum Gasteiger partial charge on any atom is 0.252 e. The van der Waals surface area contributed by atoms with Gasteiger partial charge in [-0.2, -0.15) is 0 Å². The third kappa shape index (κ3) is 2.79. The van der Waals surface area contributed by atoms with Gasteiger partial charge in [-0.25, -0.2) is 0 Å². The second kappa shape index (κ2) is 5.40. The van der Waals surface area contributed by atoms with Crippen LogP contribution in [0.25, 0.3) is 10.9 Å². The molecule has 1 N–H and O–H groups in total. The van der Waals surface area contributed by atoms with Gasteiger partial charge < -0.3 is 9.73 Å². The first kappa shape index (κ1) is 13.4. The van der Waals surface area contributed by atoms with Gasteiger partial charge in [0, 0.05) is 11.1 Å². The van der Waals surface area contributed by atoms with Crippen molar-refractivity contribution in [3.8, 4) is 0 Å². The van der Waals surface area contributed by atoms with Crippen molar-refractivity contribution in [1.82, 2.24) is 10.3 Å². The lowest BCUT2D eigenvalue weighted by Gasteiger charge is -2.09. The molecule has 3 rings (SSSR count). The van der Waals surface area contributed by atoms with Crippen molar-refractivity contribution in [2.24, 2.45) is 0 Å². The molecule has 1 amide bonds. The molecule has 2 heterocycles. The fourth-order valence-electron chi connectivity index (χ4n) is 2.34. The van der Waals surface area contributed by atoms with Gasteiger partial charge in [-0.1, -0.05) is 11.6 Å². The molecule has 0 saturated heterocycles. The zero-order valence-corrected chi connectivity index (χ0v) is 12.0. The first-order chi connectivity index (χ1) is 10.1. The van der Waals surface area contributed by atoms with Crippen LogP contribution in [0.1, 0.15) is 27.4 Å². The SMILES string of the molecule is Cc1ccc2nc(C)cc(C(=O)NCc3ccco3)c2c1. The number of nitrogens with one attached hydrogen (secondary N) is 1. The summed E-state index contributed by atoms with van der Waals surface area (Å²) in [5, 5.41) is 3.75. The Labute approximate surface area is 122 Å². The minimum Gasteiger partial charge on any atom is -0.467 e. The highest BCUT2D eigenvalue weighted by atomic mass is 16.3. The Kier molecular flexibility index (Phi) is 3.44. The number of amides is 1. The average Bonchev–Trinajstić information content (AvgIpc) is 2.97. The molecule has 1 aromatic carbocycles. The van der Waals surface area contributed by atoms with Crippen LogP contribution < -0.4 is 5.32 Å². The summed E-state index contributed by atoms with van der Waals surface area (Å²) in [7, 11) is 0. The normalized spacial score (nSPS) is 10.8. The molecular weight excluding hydrogens is 264 g/mol. The molecule has 0 fully saturated rings. The van der Waals surface area contributed by atoms with Crippen molar-refractivity contribution < 1.29 is 9.21 Å². The van der Waals surface area contributed by atoms with E-state index < -0.39 is 0 Å². The van der Waals surface area contributed by atoms with Crippen molar-refractivity contribution in [3.05, 3.63) is 65.2 Å². The van der Waals surface area contributed by atoms with E-state index in [1.165, 1.54) is 0 Å². The molecule has 2 aromatic heterocycles. The average molecular weight is 280 g/mol. The predicted molar refractivity (Wildman–Crippen MR) is 81.1 cm³/mol. The zero-order chi connectivity index (χ0) is 14.8. The molecule has 21 heavy (non-hydrogen) atoms. The number of rotatable bonds is 3. The van der Waals surface area contributed by atoms with Crippen LogP contribution in [0.5, 0.6) is 0 Å². The second-order valence-electron chi connectivity index (χ2n) is 5.09. The van der Waals surface area contributed by atoms with Crippen molar-refractivity contribution >= 4 is 16.8 Å². The van der Waals surface area contributed by atoms with E-state index in [2.05, 4.69) is 10.3 Å². The van der Waals surface area contributed by atoms with Crippen LogP contribution >= 0.6 is 0 Å². The molecule has 0 unspecified atom stereocenters. The summed E-state index contributed by atoms with van der Waals surface area (Å²) >= 11 is 0. The molecule has 0 aliphatic carbocycles. The first-order valence-corrected chi connectivity index (χ1v) is 6.82. The van der Waals surface area contributed by atoms with Crippen LogP contribution in [0.15, 0.2) is 47.1 Å². The van der Waals surface area contributed by atoms with Crippen LogP contribution in [0.4, 0.5) is 0 Å². The number of aryl methyl sites for hydroxylation is 2. The Bertz CT molecular complexity index is 792. The van der Waals surface area contributed by atoms with Crippen LogP contribution in [0, 0.1) is 13.8 Å². The molecule has 3 aromatic rings. The number of carbonyl (C=O) groups excluding carboxylic acids is 1. The third-order valence-corrected chi connectivity index (χ3v) is 3.34. The maximum absolute atomic E-state index is 12.4. The summed E-state index contributed by atoms with van der Waals surface area (Å²) in [6.45, 7) is 4.27. The van der Waals surface area contributed by atoms with Gasteiger partial charge in [0.15, 0.2) is 0 Å². The number of fused-ring (bicyclic) bond motifs is 1. The molecule has 0 spiro atoms. The highest BCUT2D eigenvalue weighted by Gasteiger charge is 2.12. The molecule has 0 radical (unpaired) electrons. The van der Waals surface area contributed by atoms with E-state index in [0.717, 1.165) is 27.9 Å². The van der Waals surface area contributed by atoms with Gasteiger partial charge in [0.25, 0.3) is 5.91 Å². The minimum absolute atomic E-state index is 0.118. The summed E-state index contributed by atoms with van der Waals surface area (Å²) in [6.07, 6.45) is 1.59. The number of hydrogen-bond acceptors (Lipinski definition) is 3. The monoisotopic (exact) mass is 280 g/mol. The zero-order valence-electron chi connectivity index (χ0n) is 12.0.